The van der Waals surface area contributed by atoms with Crippen molar-refractivity contribution >= 4 is 11.7 Å². The van der Waals surface area contributed by atoms with Crippen LogP contribution in [0.25, 0.3) is 0 Å². The third-order valence-corrected chi connectivity index (χ3v) is 4.08. The Morgan fingerprint density at radius 3 is 3.00 bits per heavy atom. The molecule has 3 N–H and O–H groups in total. The minimum absolute atomic E-state index is 0.0705. The highest BCUT2D eigenvalue weighted by molar-refractivity contribution is 5.94. The Morgan fingerprint density at radius 2 is 2.29 bits per heavy atom. The van der Waals surface area contributed by atoms with Crippen LogP contribution in [0, 0.1) is 6.92 Å². The summed E-state index contributed by atoms with van der Waals surface area (Å²) in [6.45, 7) is 7.07. The van der Waals surface area contributed by atoms with Gasteiger partial charge >= 0.3 is 0 Å². The van der Waals surface area contributed by atoms with Gasteiger partial charge in [-0.25, -0.2) is 4.98 Å². The van der Waals surface area contributed by atoms with Crippen molar-refractivity contribution in [2.24, 2.45) is 0 Å². The van der Waals surface area contributed by atoms with Crippen molar-refractivity contribution in [2.45, 2.75) is 45.6 Å². The van der Waals surface area contributed by atoms with E-state index in [0.29, 0.717) is 24.0 Å². The van der Waals surface area contributed by atoms with E-state index >= 15 is 0 Å². The lowest BCUT2D eigenvalue weighted by molar-refractivity contribution is 0.0948. The lowest BCUT2D eigenvalue weighted by Crippen LogP contribution is -2.39. The summed E-state index contributed by atoms with van der Waals surface area (Å²) in [7, 11) is 0. The number of nitrogens with two attached hydrogens (primary N) is 1. The first-order chi connectivity index (χ1) is 10.1. The Balaban J connectivity index is 1.74. The second-order valence-corrected chi connectivity index (χ2v) is 5.91. The number of nitrogens with zero attached hydrogens (tertiary/aromatic N) is 2. The van der Waals surface area contributed by atoms with Crippen LogP contribution >= 0.6 is 0 Å². The van der Waals surface area contributed by atoms with E-state index in [2.05, 4.69) is 22.1 Å². The largest absolute Gasteiger partial charge is 0.384 e. The Labute approximate surface area is 126 Å². The fraction of sp³-hybridized carbons (Fsp3) is 0.625. The summed E-state index contributed by atoms with van der Waals surface area (Å²) in [5.41, 5.74) is 7.02. The molecule has 0 radical (unpaired) electrons. The van der Waals surface area contributed by atoms with Gasteiger partial charge in [-0.3, -0.25) is 4.79 Å². The molecule has 2 heterocycles. The number of hydrogen-bond acceptors (Lipinski definition) is 4. The van der Waals surface area contributed by atoms with E-state index in [9.17, 15) is 4.79 Å². The quantitative estimate of drug-likeness (QED) is 0.813. The number of nitrogen functional groups attached to an aromatic ring is 1. The van der Waals surface area contributed by atoms with Gasteiger partial charge in [-0.1, -0.05) is 6.42 Å². The molecule has 21 heavy (non-hydrogen) atoms. The van der Waals surface area contributed by atoms with Crippen molar-refractivity contribution < 1.29 is 4.79 Å². The van der Waals surface area contributed by atoms with Gasteiger partial charge in [0, 0.05) is 30.4 Å². The van der Waals surface area contributed by atoms with Gasteiger partial charge < -0.3 is 16.0 Å². The number of amides is 1. The topological polar surface area (TPSA) is 71.2 Å². The van der Waals surface area contributed by atoms with Crippen LogP contribution in [0.3, 0.4) is 0 Å². The molecule has 0 saturated carbocycles. The molecule has 116 valence electrons. The highest BCUT2D eigenvalue weighted by Crippen LogP contribution is 2.16. The van der Waals surface area contributed by atoms with Gasteiger partial charge in [0.1, 0.15) is 5.82 Å². The van der Waals surface area contributed by atoms with E-state index in [0.717, 1.165) is 18.7 Å². The minimum Gasteiger partial charge on any atom is -0.384 e. The van der Waals surface area contributed by atoms with E-state index < -0.39 is 0 Å². The molecule has 1 aliphatic rings. The van der Waals surface area contributed by atoms with Gasteiger partial charge in [-0.05, 0) is 51.8 Å². The molecule has 5 heteroatoms. The fourth-order valence-electron chi connectivity index (χ4n) is 2.90. The highest BCUT2D eigenvalue weighted by Gasteiger charge is 2.17. The molecule has 0 spiro atoms. The zero-order valence-electron chi connectivity index (χ0n) is 13.1. The van der Waals surface area contributed by atoms with E-state index in [1.165, 1.54) is 25.8 Å². The smallest absolute Gasteiger partial charge is 0.251 e. The van der Waals surface area contributed by atoms with E-state index in [1.807, 2.05) is 6.92 Å². The van der Waals surface area contributed by atoms with E-state index in [-0.39, 0.29) is 5.91 Å². The summed E-state index contributed by atoms with van der Waals surface area (Å²) < 4.78 is 0. The summed E-state index contributed by atoms with van der Waals surface area (Å²) in [5.74, 6) is 0.321. The van der Waals surface area contributed by atoms with Crippen LogP contribution in [0.15, 0.2) is 12.1 Å². The Bertz CT molecular complexity index is 469. The third-order valence-electron chi connectivity index (χ3n) is 4.08. The fourth-order valence-corrected chi connectivity index (χ4v) is 2.90. The Morgan fingerprint density at radius 1 is 1.48 bits per heavy atom. The second kappa shape index (κ2) is 7.41. The lowest BCUT2D eigenvalue weighted by atomic mass is 10.0. The number of carbonyl (C=O) groups is 1. The zero-order chi connectivity index (χ0) is 15.2. The molecule has 0 aliphatic carbocycles. The number of piperidine rings is 1. The predicted molar refractivity (Wildman–Crippen MR) is 85.2 cm³/mol. The molecular formula is C16H26N4O. The summed E-state index contributed by atoms with van der Waals surface area (Å²) in [6, 6.07) is 4.06. The first-order valence-corrected chi connectivity index (χ1v) is 7.82. The molecule has 0 bridgehead atoms. The minimum atomic E-state index is -0.0705. The van der Waals surface area contributed by atoms with Crippen molar-refractivity contribution in [3.8, 4) is 0 Å². The van der Waals surface area contributed by atoms with Crippen molar-refractivity contribution in [2.75, 3.05) is 25.4 Å². The number of pyridine rings is 1. The Hall–Kier alpha value is -1.62. The maximum Gasteiger partial charge on any atom is 0.251 e. The maximum atomic E-state index is 12.1. The first kappa shape index (κ1) is 15.8. The number of rotatable bonds is 5. The van der Waals surface area contributed by atoms with Crippen LogP contribution in [-0.4, -0.2) is 41.5 Å². The number of anilines is 1. The summed E-state index contributed by atoms with van der Waals surface area (Å²) >= 11 is 0. The van der Waals surface area contributed by atoms with Gasteiger partial charge in [-0.2, -0.15) is 0 Å². The second-order valence-electron chi connectivity index (χ2n) is 5.91. The lowest BCUT2D eigenvalue weighted by Gasteiger charge is -2.33. The molecule has 2 rings (SSSR count). The van der Waals surface area contributed by atoms with Crippen molar-refractivity contribution in [1.82, 2.24) is 15.2 Å². The third kappa shape index (κ3) is 4.70. The van der Waals surface area contributed by atoms with Gasteiger partial charge in [-0.15, -0.1) is 0 Å². The van der Waals surface area contributed by atoms with Crippen molar-refractivity contribution in [1.29, 1.82) is 0 Å². The number of carbonyl (C=O) groups excluding carboxylic acids is 1. The normalized spacial score (nSPS) is 19.4. The highest BCUT2D eigenvalue weighted by atomic mass is 16.1. The average Bonchev–Trinajstić information content (AvgIpc) is 2.44. The molecular weight excluding hydrogens is 264 g/mol. The predicted octanol–water partition coefficient (Wildman–Crippen LogP) is 1.97. The molecule has 0 aromatic carbocycles. The van der Waals surface area contributed by atoms with Gasteiger partial charge in [0.2, 0.25) is 0 Å². The number of aryl methyl sites for hydroxylation is 1. The molecule has 1 saturated heterocycles. The van der Waals surface area contributed by atoms with E-state index in [4.69, 9.17) is 5.73 Å². The van der Waals surface area contributed by atoms with Crippen LogP contribution < -0.4 is 11.1 Å². The number of nitrogens with one attached hydrogen (secondary N) is 1. The van der Waals surface area contributed by atoms with Crippen molar-refractivity contribution in [3.63, 3.8) is 0 Å². The molecule has 1 aromatic rings. The maximum absolute atomic E-state index is 12.1. The SMILES string of the molecule is Cc1cc(C(=O)NCCCN2CCCCC2C)cc(N)n1. The zero-order valence-corrected chi connectivity index (χ0v) is 13.1. The van der Waals surface area contributed by atoms with Crippen LogP contribution in [0.2, 0.25) is 0 Å². The first-order valence-electron chi connectivity index (χ1n) is 7.82. The van der Waals surface area contributed by atoms with E-state index in [1.54, 1.807) is 12.1 Å². The average molecular weight is 290 g/mol. The number of likely N-dealkylation sites (tertiary alicyclic amines) is 1. The molecule has 1 aromatic heterocycles. The molecule has 1 atom stereocenters. The number of aromatic nitrogens is 1. The monoisotopic (exact) mass is 290 g/mol. The molecule has 1 amide bonds. The Kier molecular flexibility index (Phi) is 5.56. The molecule has 1 fully saturated rings. The van der Waals surface area contributed by atoms with Gasteiger partial charge in [0.05, 0.1) is 0 Å². The summed E-state index contributed by atoms with van der Waals surface area (Å²) in [5, 5.41) is 2.96. The summed E-state index contributed by atoms with van der Waals surface area (Å²) in [6.07, 6.45) is 4.92. The molecule has 1 aliphatic heterocycles. The van der Waals surface area contributed by atoms with Crippen LogP contribution in [-0.2, 0) is 0 Å². The van der Waals surface area contributed by atoms with Crippen LogP contribution in [0.4, 0.5) is 5.82 Å². The number of hydrogen-bond donors (Lipinski definition) is 2. The van der Waals surface area contributed by atoms with Crippen LogP contribution in [0.1, 0.15) is 48.7 Å². The van der Waals surface area contributed by atoms with Crippen LogP contribution in [0.5, 0.6) is 0 Å². The standard InChI is InChI=1S/C16H26N4O/c1-12-10-14(11-15(17)19-12)16(21)18-7-5-9-20-8-4-3-6-13(20)2/h10-11,13H,3-9H2,1-2H3,(H2,17,19)(H,18,21). The molecule has 5 nitrogen and oxygen atoms in total. The van der Waals surface area contributed by atoms with Gasteiger partial charge in [0.15, 0.2) is 0 Å². The van der Waals surface area contributed by atoms with Gasteiger partial charge in [0.25, 0.3) is 5.91 Å². The molecule has 1 unspecified atom stereocenters. The summed E-state index contributed by atoms with van der Waals surface area (Å²) in [4.78, 5) is 18.6. The van der Waals surface area contributed by atoms with Crippen molar-refractivity contribution in [3.05, 3.63) is 23.4 Å².